The van der Waals surface area contributed by atoms with Crippen LogP contribution in [0.25, 0.3) is 0 Å². The van der Waals surface area contributed by atoms with Crippen LogP contribution in [0.1, 0.15) is 31.9 Å². The lowest BCUT2D eigenvalue weighted by Crippen LogP contribution is -2.31. The molecule has 4 heteroatoms. The third kappa shape index (κ3) is 4.07. The maximum atomic E-state index is 12.6. The van der Waals surface area contributed by atoms with Gasteiger partial charge < -0.3 is 14.8 Å². The zero-order chi connectivity index (χ0) is 17.5. The Morgan fingerprint density at radius 3 is 2.12 bits per heavy atom. The number of rotatable bonds is 7. The van der Waals surface area contributed by atoms with E-state index in [1.54, 1.807) is 20.1 Å². The van der Waals surface area contributed by atoms with Crippen molar-refractivity contribution in [3.63, 3.8) is 0 Å². The minimum absolute atomic E-state index is 0.170. The van der Waals surface area contributed by atoms with Crippen LogP contribution in [0.5, 0.6) is 11.5 Å². The van der Waals surface area contributed by atoms with Crippen molar-refractivity contribution >= 4 is 11.6 Å². The van der Waals surface area contributed by atoms with Gasteiger partial charge in [-0.3, -0.25) is 4.79 Å². The largest absolute Gasteiger partial charge is 0.493 e. The molecule has 0 aromatic heterocycles. The highest BCUT2D eigenvalue weighted by Crippen LogP contribution is 2.27. The number of methoxy groups -OCH3 is 1. The summed E-state index contributed by atoms with van der Waals surface area (Å²) >= 11 is 0. The maximum Gasteiger partial charge on any atom is 0.265 e. The van der Waals surface area contributed by atoms with Gasteiger partial charge in [0.25, 0.3) is 5.91 Å². The molecule has 0 fully saturated rings. The molecule has 0 aliphatic rings. The first kappa shape index (κ1) is 17.9. The number of ether oxygens (including phenoxy) is 2. The smallest absolute Gasteiger partial charge is 0.265 e. The summed E-state index contributed by atoms with van der Waals surface area (Å²) in [7, 11) is 1.58. The molecule has 2 rings (SSSR count). The minimum Gasteiger partial charge on any atom is -0.493 e. The van der Waals surface area contributed by atoms with Crippen molar-refractivity contribution in [1.82, 2.24) is 0 Å². The van der Waals surface area contributed by atoms with E-state index >= 15 is 0 Å². The molecule has 1 atom stereocenters. The van der Waals surface area contributed by atoms with Crippen LogP contribution in [0.2, 0.25) is 0 Å². The highest BCUT2D eigenvalue weighted by atomic mass is 16.5. The Morgan fingerprint density at radius 1 is 1.00 bits per heavy atom. The van der Waals surface area contributed by atoms with Crippen molar-refractivity contribution in [2.24, 2.45) is 0 Å². The van der Waals surface area contributed by atoms with E-state index < -0.39 is 6.10 Å². The summed E-state index contributed by atoms with van der Waals surface area (Å²) in [6.07, 6.45) is 1.10. The summed E-state index contributed by atoms with van der Waals surface area (Å²) in [4.78, 5) is 12.6. The van der Waals surface area contributed by atoms with Crippen LogP contribution >= 0.6 is 0 Å². The van der Waals surface area contributed by atoms with Crippen molar-refractivity contribution in [3.8, 4) is 11.5 Å². The molecular weight excluding hydrogens is 302 g/mol. The molecule has 0 bridgehead atoms. The molecule has 0 heterocycles. The summed E-state index contributed by atoms with van der Waals surface area (Å²) < 4.78 is 11.0. The molecule has 0 saturated carbocycles. The normalized spacial score (nSPS) is 11.7. The van der Waals surface area contributed by atoms with Crippen LogP contribution in [0.3, 0.4) is 0 Å². The second-order valence-electron chi connectivity index (χ2n) is 5.56. The fraction of sp³-hybridized carbons (Fsp3) is 0.350. The quantitative estimate of drug-likeness (QED) is 0.828. The lowest BCUT2D eigenvalue weighted by atomic mass is 10.0. The van der Waals surface area contributed by atoms with Crippen molar-refractivity contribution in [2.75, 3.05) is 12.4 Å². The van der Waals surface area contributed by atoms with Gasteiger partial charge in [0, 0.05) is 5.69 Å². The Hall–Kier alpha value is -2.49. The minimum atomic E-state index is -0.629. The van der Waals surface area contributed by atoms with Crippen LogP contribution in [-0.2, 0) is 17.6 Å². The second kappa shape index (κ2) is 8.39. The average Bonchev–Trinajstić information content (AvgIpc) is 2.62. The molecule has 4 nitrogen and oxygen atoms in total. The summed E-state index contributed by atoms with van der Waals surface area (Å²) in [5, 5.41) is 3.03. The van der Waals surface area contributed by atoms with E-state index in [1.165, 1.54) is 0 Å². The zero-order valence-electron chi connectivity index (χ0n) is 14.8. The standard InChI is InChI=1S/C20H25NO3/c1-5-15-10-9-11-16(6-2)19(15)21-20(22)14(3)24-18-13-8-7-12-17(18)23-4/h7-14H,5-6H2,1-4H3,(H,21,22)/t14-/m1/s1. The third-order valence-electron chi connectivity index (χ3n) is 3.99. The molecule has 24 heavy (non-hydrogen) atoms. The van der Waals surface area contributed by atoms with E-state index in [0.717, 1.165) is 29.7 Å². The fourth-order valence-electron chi connectivity index (χ4n) is 2.59. The SMILES string of the molecule is CCc1cccc(CC)c1NC(=O)[C@@H](C)Oc1ccccc1OC. The molecule has 2 aromatic carbocycles. The maximum absolute atomic E-state index is 12.6. The first-order chi connectivity index (χ1) is 11.6. The third-order valence-corrected chi connectivity index (χ3v) is 3.99. The number of amides is 1. The van der Waals surface area contributed by atoms with E-state index in [9.17, 15) is 4.79 Å². The van der Waals surface area contributed by atoms with Gasteiger partial charge in [0.1, 0.15) is 0 Å². The second-order valence-corrected chi connectivity index (χ2v) is 5.56. The molecule has 1 amide bonds. The topological polar surface area (TPSA) is 47.6 Å². The number of aryl methyl sites for hydroxylation is 2. The summed E-state index contributed by atoms with van der Waals surface area (Å²) in [5.41, 5.74) is 3.17. The molecule has 0 spiro atoms. The highest BCUT2D eigenvalue weighted by Gasteiger charge is 2.19. The monoisotopic (exact) mass is 327 g/mol. The summed E-state index contributed by atoms with van der Waals surface area (Å²) in [6.45, 7) is 5.90. The number of hydrogen-bond acceptors (Lipinski definition) is 3. The molecule has 128 valence electrons. The van der Waals surface area contributed by atoms with Crippen molar-refractivity contribution in [3.05, 3.63) is 53.6 Å². The Labute approximate surface area is 143 Å². The molecule has 0 unspecified atom stereocenters. The van der Waals surface area contributed by atoms with E-state index in [0.29, 0.717) is 11.5 Å². The van der Waals surface area contributed by atoms with Crippen LogP contribution in [-0.4, -0.2) is 19.1 Å². The van der Waals surface area contributed by atoms with Crippen LogP contribution < -0.4 is 14.8 Å². The predicted molar refractivity (Wildman–Crippen MR) is 96.9 cm³/mol. The lowest BCUT2D eigenvalue weighted by molar-refractivity contribution is -0.122. The Bertz CT molecular complexity index is 675. The number of carbonyl (C=O) groups is 1. The van der Waals surface area contributed by atoms with Gasteiger partial charge in [-0.1, -0.05) is 44.2 Å². The van der Waals surface area contributed by atoms with Gasteiger partial charge >= 0.3 is 0 Å². The van der Waals surface area contributed by atoms with Gasteiger partial charge in [0.2, 0.25) is 0 Å². The fourth-order valence-corrected chi connectivity index (χ4v) is 2.59. The van der Waals surface area contributed by atoms with Gasteiger partial charge in [0.05, 0.1) is 7.11 Å². The molecule has 0 radical (unpaired) electrons. The molecule has 2 aromatic rings. The molecule has 0 saturated heterocycles. The Morgan fingerprint density at radius 2 is 1.58 bits per heavy atom. The summed E-state index contributed by atoms with van der Waals surface area (Å²) in [5.74, 6) is 0.999. The van der Waals surface area contributed by atoms with Crippen LogP contribution in [0.15, 0.2) is 42.5 Å². The van der Waals surface area contributed by atoms with E-state index in [-0.39, 0.29) is 5.91 Å². The van der Waals surface area contributed by atoms with Gasteiger partial charge in [-0.15, -0.1) is 0 Å². The summed E-state index contributed by atoms with van der Waals surface area (Å²) in [6, 6.07) is 13.4. The van der Waals surface area contributed by atoms with Gasteiger partial charge in [-0.05, 0) is 43.0 Å². The molecule has 0 aliphatic heterocycles. The number of benzene rings is 2. The average molecular weight is 327 g/mol. The first-order valence-corrected chi connectivity index (χ1v) is 8.32. The molecular formula is C20H25NO3. The number of para-hydroxylation sites is 3. The van der Waals surface area contributed by atoms with Crippen molar-refractivity contribution < 1.29 is 14.3 Å². The zero-order valence-corrected chi connectivity index (χ0v) is 14.8. The van der Waals surface area contributed by atoms with Crippen LogP contribution in [0, 0.1) is 0 Å². The number of hydrogen-bond donors (Lipinski definition) is 1. The number of nitrogens with one attached hydrogen (secondary N) is 1. The first-order valence-electron chi connectivity index (χ1n) is 8.32. The van der Waals surface area contributed by atoms with E-state index in [4.69, 9.17) is 9.47 Å². The number of anilines is 1. The van der Waals surface area contributed by atoms with Crippen molar-refractivity contribution in [1.29, 1.82) is 0 Å². The van der Waals surface area contributed by atoms with E-state index in [1.807, 2.05) is 36.4 Å². The van der Waals surface area contributed by atoms with Gasteiger partial charge in [0.15, 0.2) is 17.6 Å². The molecule has 1 N–H and O–H groups in total. The van der Waals surface area contributed by atoms with Crippen molar-refractivity contribution in [2.45, 2.75) is 39.7 Å². The lowest BCUT2D eigenvalue weighted by Gasteiger charge is -2.19. The molecule has 0 aliphatic carbocycles. The van der Waals surface area contributed by atoms with Crippen LogP contribution in [0.4, 0.5) is 5.69 Å². The van der Waals surface area contributed by atoms with Gasteiger partial charge in [-0.2, -0.15) is 0 Å². The van der Waals surface area contributed by atoms with Gasteiger partial charge in [-0.25, -0.2) is 0 Å². The highest BCUT2D eigenvalue weighted by molar-refractivity contribution is 5.95. The Balaban J connectivity index is 2.15. The van der Waals surface area contributed by atoms with E-state index in [2.05, 4.69) is 19.2 Å². The predicted octanol–water partition coefficient (Wildman–Crippen LogP) is 4.23. The Kier molecular flexibility index (Phi) is 6.24. The number of carbonyl (C=O) groups excluding carboxylic acids is 1.